The highest BCUT2D eigenvalue weighted by atomic mass is 16.3. The van der Waals surface area contributed by atoms with Gasteiger partial charge in [-0.25, -0.2) is 0 Å². The Morgan fingerprint density at radius 2 is 1.92 bits per heavy atom. The summed E-state index contributed by atoms with van der Waals surface area (Å²) in [6, 6.07) is 0. The molecular formula is C8H16N2O3. The lowest BCUT2D eigenvalue weighted by Gasteiger charge is -2.26. The van der Waals surface area contributed by atoms with Gasteiger partial charge in [-0.15, -0.1) is 0 Å². The van der Waals surface area contributed by atoms with E-state index >= 15 is 0 Å². The number of primary amides is 1. The van der Waals surface area contributed by atoms with E-state index in [-0.39, 0.29) is 6.42 Å². The second-order valence-electron chi connectivity index (χ2n) is 2.77. The van der Waals surface area contributed by atoms with Gasteiger partial charge in [-0.3, -0.25) is 4.79 Å². The Kier molecular flexibility index (Phi) is 5.10. The van der Waals surface area contributed by atoms with Gasteiger partial charge in [0.15, 0.2) is 0 Å². The Morgan fingerprint density at radius 3 is 2.23 bits per heavy atom. The summed E-state index contributed by atoms with van der Waals surface area (Å²) in [6.45, 7) is 3.03. The van der Waals surface area contributed by atoms with Gasteiger partial charge in [0.2, 0.25) is 5.91 Å². The van der Waals surface area contributed by atoms with Crippen molar-refractivity contribution in [3.05, 3.63) is 12.3 Å². The van der Waals surface area contributed by atoms with Crippen molar-refractivity contribution in [2.24, 2.45) is 5.73 Å². The molecular weight excluding hydrogens is 172 g/mol. The van der Waals surface area contributed by atoms with Crippen molar-refractivity contribution in [3.8, 4) is 0 Å². The van der Waals surface area contributed by atoms with E-state index in [1.54, 1.807) is 0 Å². The fourth-order valence-electron chi connectivity index (χ4n) is 0.852. The monoisotopic (exact) mass is 188 g/mol. The van der Waals surface area contributed by atoms with Crippen LogP contribution in [0.1, 0.15) is 20.3 Å². The molecule has 0 saturated carbocycles. The van der Waals surface area contributed by atoms with Gasteiger partial charge in [-0.1, -0.05) is 6.08 Å². The molecule has 0 radical (unpaired) electrons. The summed E-state index contributed by atoms with van der Waals surface area (Å²) < 4.78 is 0. The molecule has 76 valence electrons. The normalized spacial score (nSPS) is 15.7. The summed E-state index contributed by atoms with van der Waals surface area (Å²) in [5.41, 5.74) is 4.90. The van der Waals surface area contributed by atoms with Crippen LogP contribution in [0.3, 0.4) is 0 Å². The Balaban J connectivity index is 4.10. The van der Waals surface area contributed by atoms with Gasteiger partial charge in [-0.2, -0.15) is 0 Å². The number of hydrogen-bond donors (Lipinski definition) is 3. The quantitative estimate of drug-likeness (QED) is 0.500. The van der Waals surface area contributed by atoms with Crippen LogP contribution in [-0.4, -0.2) is 33.5 Å². The molecule has 0 spiro atoms. The van der Waals surface area contributed by atoms with Crippen LogP contribution in [-0.2, 0) is 4.79 Å². The van der Waals surface area contributed by atoms with E-state index in [1.807, 2.05) is 0 Å². The number of aliphatic hydroxyl groups is 2. The van der Waals surface area contributed by atoms with E-state index in [4.69, 9.17) is 15.9 Å². The zero-order chi connectivity index (χ0) is 10.4. The van der Waals surface area contributed by atoms with Crippen LogP contribution >= 0.6 is 0 Å². The van der Waals surface area contributed by atoms with Gasteiger partial charge in [0, 0.05) is 12.6 Å². The lowest BCUT2D eigenvalue weighted by molar-refractivity contribution is -0.117. The van der Waals surface area contributed by atoms with Crippen molar-refractivity contribution in [1.29, 1.82) is 0 Å². The molecule has 1 amide bonds. The molecule has 0 aromatic rings. The fourth-order valence-corrected chi connectivity index (χ4v) is 0.852. The van der Waals surface area contributed by atoms with Crippen molar-refractivity contribution in [2.75, 3.05) is 0 Å². The number of aliphatic hydroxyl groups excluding tert-OH is 2. The molecule has 0 aliphatic carbocycles. The van der Waals surface area contributed by atoms with Gasteiger partial charge in [0.05, 0.1) is 0 Å². The molecule has 0 rings (SSSR count). The first kappa shape index (κ1) is 11.9. The van der Waals surface area contributed by atoms with Gasteiger partial charge < -0.3 is 20.8 Å². The summed E-state index contributed by atoms with van der Waals surface area (Å²) in [6.07, 6.45) is 1.42. The second kappa shape index (κ2) is 5.55. The molecule has 13 heavy (non-hydrogen) atoms. The summed E-state index contributed by atoms with van der Waals surface area (Å²) in [7, 11) is 0. The minimum atomic E-state index is -0.802. The van der Waals surface area contributed by atoms with E-state index in [1.165, 1.54) is 31.0 Å². The lowest BCUT2D eigenvalue weighted by atomic mass is 10.4. The van der Waals surface area contributed by atoms with Gasteiger partial charge >= 0.3 is 0 Å². The highest BCUT2D eigenvalue weighted by Gasteiger charge is 2.10. The molecule has 0 heterocycles. The molecule has 0 aromatic carbocycles. The highest BCUT2D eigenvalue weighted by Crippen LogP contribution is 2.02. The maximum absolute atomic E-state index is 10.3. The van der Waals surface area contributed by atoms with Crippen LogP contribution < -0.4 is 5.73 Å². The van der Waals surface area contributed by atoms with Crippen LogP contribution in [0.25, 0.3) is 0 Å². The van der Waals surface area contributed by atoms with Crippen LogP contribution in [0.4, 0.5) is 0 Å². The van der Waals surface area contributed by atoms with Crippen LogP contribution in [0, 0.1) is 0 Å². The number of amides is 1. The van der Waals surface area contributed by atoms with Crippen molar-refractivity contribution in [2.45, 2.75) is 32.7 Å². The average molecular weight is 188 g/mol. The van der Waals surface area contributed by atoms with Crippen LogP contribution in [0.15, 0.2) is 12.3 Å². The van der Waals surface area contributed by atoms with E-state index in [0.717, 1.165) is 0 Å². The molecule has 5 heteroatoms. The minimum Gasteiger partial charge on any atom is -0.374 e. The first-order chi connectivity index (χ1) is 5.95. The number of nitrogens with two attached hydrogens (primary N) is 1. The molecule has 0 saturated heterocycles. The number of nitrogens with zero attached hydrogens (tertiary/aromatic N) is 1. The van der Waals surface area contributed by atoms with Crippen LogP contribution in [0.5, 0.6) is 0 Å². The zero-order valence-electron chi connectivity index (χ0n) is 7.84. The third kappa shape index (κ3) is 5.21. The maximum Gasteiger partial charge on any atom is 0.221 e. The predicted molar refractivity (Wildman–Crippen MR) is 48.2 cm³/mol. The Morgan fingerprint density at radius 1 is 1.46 bits per heavy atom. The van der Waals surface area contributed by atoms with E-state index in [0.29, 0.717) is 0 Å². The molecule has 0 aliphatic heterocycles. The first-order valence-corrected chi connectivity index (χ1v) is 4.03. The second-order valence-corrected chi connectivity index (χ2v) is 2.77. The molecule has 0 aliphatic rings. The number of hydrogen-bond acceptors (Lipinski definition) is 4. The van der Waals surface area contributed by atoms with Crippen molar-refractivity contribution < 1.29 is 15.0 Å². The smallest absolute Gasteiger partial charge is 0.221 e. The molecule has 5 nitrogen and oxygen atoms in total. The topological polar surface area (TPSA) is 86.8 Å². The van der Waals surface area contributed by atoms with Crippen molar-refractivity contribution >= 4 is 5.91 Å². The molecule has 2 unspecified atom stereocenters. The maximum atomic E-state index is 10.3. The van der Waals surface area contributed by atoms with E-state index in [2.05, 4.69) is 0 Å². The third-order valence-corrected chi connectivity index (χ3v) is 1.46. The third-order valence-electron chi connectivity index (χ3n) is 1.46. The van der Waals surface area contributed by atoms with Crippen LogP contribution in [0.2, 0.25) is 0 Å². The standard InChI is InChI=1S/C8H16N2O3/c1-6(11)10(7(2)12)5-3-4-8(9)13/h3,5-7,11-12H,4H2,1-2H3,(H2,9,13). The minimum absolute atomic E-state index is 0.0932. The summed E-state index contributed by atoms with van der Waals surface area (Å²) in [5, 5.41) is 18.3. The van der Waals surface area contributed by atoms with Gasteiger partial charge in [-0.05, 0) is 13.8 Å². The molecule has 0 bridgehead atoms. The van der Waals surface area contributed by atoms with Crippen molar-refractivity contribution in [3.63, 3.8) is 0 Å². The summed E-state index contributed by atoms with van der Waals surface area (Å²) in [5.74, 6) is -0.451. The zero-order valence-corrected chi connectivity index (χ0v) is 7.84. The van der Waals surface area contributed by atoms with Gasteiger partial charge in [0.25, 0.3) is 0 Å². The molecule has 4 N–H and O–H groups in total. The average Bonchev–Trinajstić information content (AvgIpc) is 1.95. The fraction of sp³-hybridized carbons (Fsp3) is 0.625. The Hall–Kier alpha value is -1.07. The molecule has 0 fully saturated rings. The number of rotatable bonds is 5. The highest BCUT2D eigenvalue weighted by molar-refractivity contribution is 5.75. The van der Waals surface area contributed by atoms with Crippen molar-refractivity contribution in [1.82, 2.24) is 4.90 Å². The van der Waals surface area contributed by atoms with Gasteiger partial charge in [0.1, 0.15) is 12.5 Å². The molecule has 0 aromatic heterocycles. The Labute approximate surface area is 77.5 Å². The first-order valence-electron chi connectivity index (χ1n) is 4.03. The Bertz CT molecular complexity index is 182. The van der Waals surface area contributed by atoms with E-state index < -0.39 is 18.4 Å². The number of carbonyl (C=O) groups is 1. The predicted octanol–water partition coefficient (Wildman–Crippen LogP) is -0.646. The summed E-state index contributed by atoms with van der Waals surface area (Å²) in [4.78, 5) is 11.6. The summed E-state index contributed by atoms with van der Waals surface area (Å²) >= 11 is 0. The SMILES string of the molecule is CC(O)N(C=CCC(N)=O)C(C)O. The largest absolute Gasteiger partial charge is 0.374 e. The van der Waals surface area contributed by atoms with E-state index in [9.17, 15) is 4.79 Å². The lowest BCUT2D eigenvalue weighted by Crippen LogP contribution is -2.35. The molecule has 2 atom stereocenters. The number of carbonyl (C=O) groups excluding carboxylic acids is 1.